The maximum Gasteiger partial charge on any atom is 0.137 e. The molecule has 0 saturated heterocycles. The van der Waals surface area contributed by atoms with Gasteiger partial charge in [-0.3, -0.25) is 0 Å². The molecule has 0 aromatic carbocycles. The van der Waals surface area contributed by atoms with Crippen LogP contribution in [0.4, 0.5) is 5.82 Å². The van der Waals surface area contributed by atoms with Crippen molar-refractivity contribution in [1.29, 1.82) is 0 Å². The van der Waals surface area contributed by atoms with Gasteiger partial charge in [0, 0.05) is 18.4 Å². The fourth-order valence-corrected chi connectivity index (χ4v) is 1.62. The third kappa shape index (κ3) is 3.70. The summed E-state index contributed by atoms with van der Waals surface area (Å²) in [6.45, 7) is 4.15. The van der Waals surface area contributed by atoms with Crippen molar-refractivity contribution in [2.45, 2.75) is 13.3 Å². The summed E-state index contributed by atoms with van der Waals surface area (Å²) < 4.78 is 5.08. The standard InChI is InChI=1S/C11H17BrN2O/c1-3-14(8-4-7-12)11-6-5-10(15-2)9-13-11/h5-6,9H,3-4,7-8H2,1-2H3. The molecule has 0 aliphatic heterocycles. The summed E-state index contributed by atoms with van der Waals surface area (Å²) in [4.78, 5) is 6.61. The van der Waals surface area contributed by atoms with E-state index in [1.165, 1.54) is 0 Å². The molecule has 0 spiro atoms. The van der Waals surface area contributed by atoms with E-state index in [4.69, 9.17) is 4.74 Å². The van der Waals surface area contributed by atoms with Crippen LogP contribution in [0, 0.1) is 0 Å². The Balaban J connectivity index is 2.65. The van der Waals surface area contributed by atoms with Crippen molar-refractivity contribution in [2.24, 2.45) is 0 Å². The lowest BCUT2D eigenvalue weighted by Crippen LogP contribution is -2.25. The summed E-state index contributed by atoms with van der Waals surface area (Å²) in [7, 11) is 1.65. The first-order valence-electron chi connectivity index (χ1n) is 5.12. The highest BCUT2D eigenvalue weighted by Gasteiger charge is 2.04. The number of pyridine rings is 1. The molecule has 4 heteroatoms. The third-order valence-corrected chi connectivity index (χ3v) is 2.78. The summed E-state index contributed by atoms with van der Waals surface area (Å²) in [6.07, 6.45) is 2.88. The minimum Gasteiger partial charge on any atom is -0.495 e. The molecule has 15 heavy (non-hydrogen) atoms. The molecular formula is C11H17BrN2O. The van der Waals surface area contributed by atoms with E-state index in [2.05, 4.69) is 32.7 Å². The normalized spacial score (nSPS) is 10.1. The number of rotatable bonds is 6. The molecule has 0 saturated carbocycles. The van der Waals surface area contributed by atoms with E-state index in [0.717, 1.165) is 36.4 Å². The molecule has 84 valence electrons. The first-order chi connectivity index (χ1) is 7.31. The van der Waals surface area contributed by atoms with E-state index in [0.29, 0.717) is 0 Å². The summed E-state index contributed by atoms with van der Waals surface area (Å²) in [5.41, 5.74) is 0. The van der Waals surface area contributed by atoms with Gasteiger partial charge in [-0.15, -0.1) is 0 Å². The number of ether oxygens (including phenoxy) is 1. The van der Waals surface area contributed by atoms with Crippen LogP contribution < -0.4 is 9.64 Å². The Labute approximate surface area is 99.6 Å². The predicted octanol–water partition coefficient (Wildman–Crippen LogP) is 2.70. The Hall–Kier alpha value is -0.770. The highest BCUT2D eigenvalue weighted by atomic mass is 79.9. The van der Waals surface area contributed by atoms with Gasteiger partial charge in [0.2, 0.25) is 0 Å². The Morgan fingerprint density at radius 3 is 2.73 bits per heavy atom. The van der Waals surface area contributed by atoms with Gasteiger partial charge < -0.3 is 9.64 Å². The van der Waals surface area contributed by atoms with Crippen LogP contribution in [0.2, 0.25) is 0 Å². The van der Waals surface area contributed by atoms with Crippen molar-refractivity contribution in [3.05, 3.63) is 18.3 Å². The zero-order chi connectivity index (χ0) is 11.1. The van der Waals surface area contributed by atoms with Gasteiger partial charge in [0.25, 0.3) is 0 Å². The number of anilines is 1. The van der Waals surface area contributed by atoms with Crippen LogP contribution in [0.15, 0.2) is 18.3 Å². The largest absolute Gasteiger partial charge is 0.495 e. The van der Waals surface area contributed by atoms with Crippen molar-refractivity contribution < 1.29 is 4.74 Å². The highest BCUT2D eigenvalue weighted by molar-refractivity contribution is 9.09. The zero-order valence-electron chi connectivity index (χ0n) is 9.24. The van der Waals surface area contributed by atoms with Crippen molar-refractivity contribution in [3.8, 4) is 5.75 Å². The maximum absolute atomic E-state index is 5.08. The third-order valence-electron chi connectivity index (χ3n) is 2.22. The van der Waals surface area contributed by atoms with Crippen LogP contribution in [0.3, 0.4) is 0 Å². The summed E-state index contributed by atoms with van der Waals surface area (Å²) >= 11 is 3.44. The smallest absolute Gasteiger partial charge is 0.137 e. The maximum atomic E-state index is 5.08. The quantitative estimate of drug-likeness (QED) is 0.745. The van der Waals surface area contributed by atoms with Crippen molar-refractivity contribution in [3.63, 3.8) is 0 Å². The van der Waals surface area contributed by atoms with E-state index in [1.807, 2.05) is 12.1 Å². The second-order valence-corrected chi connectivity index (χ2v) is 3.97. The van der Waals surface area contributed by atoms with Crippen LogP contribution in [0.5, 0.6) is 5.75 Å². The Morgan fingerprint density at radius 2 is 2.27 bits per heavy atom. The zero-order valence-corrected chi connectivity index (χ0v) is 10.8. The van der Waals surface area contributed by atoms with Gasteiger partial charge in [0.1, 0.15) is 11.6 Å². The first-order valence-corrected chi connectivity index (χ1v) is 6.25. The Morgan fingerprint density at radius 1 is 1.47 bits per heavy atom. The second-order valence-electron chi connectivity index (χ2n) is 3.18. The minimum absolute atomic E-state index is 0.801. The van der Waals surface area contributed by atoms with Gasteiger partial charge in [-0.05, 0) is 25.5 Å². The molecular weight excluding hydrogens is 256 g/mol. The van der Waals surface area contributed by atoms with Crippen LogP contribution in [0.25, 0.3) is 0 Å². The lowest BCUT2D eigenvalue weighted by Gasteiger charge is -2.21. The van der Waals surface area contributed by atoms with Crippen molar-refractivity contribution >= 4 is 21.7 Å². The van der Waals surface area contributed by atoms with Gasteiger partial charge in [-0.1, -0.05) is 15.9 Å². The predicted molar refractivity (Wildman–Crippen MR) is 67.1 cm³/mol. The summed E-state index contributed by atoms with van der Waals surface area (Å²) in [5.74, 6) is 1.81. The van der Waals surface area contributed by atoms with E-state index < -0.39 is 0 Å². The average Bonchev–Trinajstić information content (AvgIpc) is 2.31. The SMILES string of the molecule is CCN(CCCBr)c1ccc(OC)cn1. The van der Waals surface area contributed by atoms with Crippen molar-refractivity contribution in [2.75, 3.05) is 30.4 Å². The molecule has 0 amide bonds. The molecule has 1 rings (SSSR count). The number of hydrogen-bond acceptors (Lipinski definition) is 3. The minimum atomic E-state index is 0.801. The van der Waals surface area contributed by atoms with Gasteiger partial charge in [-0.25, -0.2) is 4.98 Å². The molecule has 0 aliphatic rings. The van der Waals surface area contributed by atoms with E-state index in [9.17, 15) is 0 Å². The molecule has 0 aliphatic carbocycles. The second kappa shape index (κ2) is 6.67. The molecule has 0 bridgehead atoms. The summed E-state index contributed by atoms with van der Waals surface area (Å²) in [5, 5.41) is 1.03. The lowest BCUT2D eigenvalue weighted by molar-refractivity contribution is 0.413. The van der Waals surface area contributed by atoms with Crippen LogP contribution >= 0.6 is 15.9 Å². The number of alkyl halides is 1. The molecule has 3 nitrogen and oxygen atoms in total. The van der Waals surface area contributed by atoms with Gasteiger partial charge in [-0.2, -0.15) is 0 Å². The fourth-order valence-electron chi connectivity index (χ4n) is 1.37. The van der Waals surface area contributed by atoms with Gasteiger partial charge in [0.15, 0.2) is 0 Å². The fraction of sp³-hybridized carbons (Fsp3) is 0.545. The molecule has 1 aromatic rings. The Kier molecular flexibility index (Phi) is 5.47. The van der Waals surface area contributed by atoms with E-state index >= 15 is 0 Å². The molecule has 1 aromatic heterocycles. The van der Waals surface area contributed by atoms with Crippen LogP contribution in [-0.4, -0.2) is 30.5 Å². The van der Waals surface area contributed by atoms with Crippen LogP contribution in [0.1, 0.15) is 13.3 Å². The Bertz CT molecular complexity index is 276. The number of hydrogen-bond donors (Lipinski definition) is 0. The van der Waals surface area contributed by atoms with Crippen molar-refractivity contribution in [1.82, 2.24) is 4.98 Å². The molecule has 0 unspecified atom stereocenters. The van der Waals surface area contributed by atoms with Gasteiger partial charge >= 0.3 is 0 Å². The molecule has 0 atom stereocenters. The number of aromatic nitrogens is 1. The molecule has 0 N–H and O–H groups in total. The van der Waals surface area contributed by atoms with E-state index in [-0.39, 0.29) is 0 Å². The number of halogens is 1. The summed E-state index contributed by atoms with van der Waals surface area (Å²) in [6, 6.07) is 3.94. The molecule has 0 radical (unpaired) electrons. The molecule has 1 heterocycles. The molecule has 0 fully saturated rings. The average molecular weight is 273 g/mol. The highest BCUT2D eigenvalue weighted by Crippen LogP contribution is 2.15. The first kappa shape index (κ1) is 12.3. The van der Waals surface area contributed by atoms with Crippen LogP contribution in [-0.2, 0) is 0 Å². The van der Waals surface area contributed by atoms with Gasteiger partial charge in [0.05, 0.1) is 13.3 Å². The lowest BCUT2D eigenvalue weighted by atomic mass is 10.3. The van der Waals surface area contributed by atoms with E-state index in [1.54, 1.807) is 13.3 Å². The number of nitrogens with zero attached hydrogens (tertiary/aromatic N) is 2. The number of methoxy groups -OCH3 is 1. The monoisotopic (exact) mass is 272 g/mol. The topological polar surface area (TPSA) is 25.4 Å².